The van der Waals surface area contributed by atoms with Crippen LogP contribution >= 0.6 is 0 Å². The number of carbonyl (C=O) groups is 1. The fraction of sp³-hybridized carbons (Fsp3) is 0.538. The number of rotatable bonds is 3. The number of pyridine rings is 1. The van der Waals surface area contributed by atoms with Crippen LogP contribution in [0.15, 0.2) is 18.5 Å². The molecule has 4 nitrogen and oxygen atoms in total. The van der Waals surface area contributed by atoms with Gasteiger partial charge >= 0.3 is 0 Å². The smallest absolute Gasteiger partial charge is 0.169 e. The Morgan fingerprint density at radius 2 is 2.16 bits per heavy atom. The minimum atomic E-state index is -3.14. The van der Waals surface area contributed by atoms with E-state index in [4.69, 9.17) is 0 Å². The van der Waals surface area contributed by atoms with Crippen molar-refractivity contribution in [2.24, 2.45) is 5.92 Å². The van der Waals surface area contributed by atoms with Crippen LogP contribution in [-0.2, 0) is 9.84 Å². The van der Waals surface area contributed by atoms with Crippen LogP contribution in [0.5, 0.6) is 0 Å². The van der Waals surface area contributed by atoms with Gasteiger partial charge in [0.1, 0.15) is 9.84 Å². The van der Waals surface area contributed by atoms with Crippen molar-refractivity contribution < 1.29 is 17.6 Å². The molecule has 0 aliphatic heterocycles. The van der Waals surface area contributed by atoms with Crippen molar-refractivity contribution in [3.05, 3.63) is 29.8 Å². The number of sulfone groups is 1. The third kappa shape index (κ3) is 3.18. The Labute approximate surface area is 112 Å². The van der Waals surface area contributed by atoms with Crippen molar-refractivity contribution in [2.45, 2.75) is 30.9 Å². The number of aromatic nitrogens is 1. The van der Waals surface area contributed by atoms with E-state index >= 15 is 0 Å². The van der Waals surface area contributed by atoms with Crippen molar-refractivity contribution in [3.8, 4) is 0 Å². The second-order valence-corrected chi connectivity index (χ2v) is 7.36. The predicted octanol–water partition coefficient (Wildman–Crippen LogP) is 2.01. The fourth-order valence-corrected chi connectivity index (χ4v) is 3.74. The highest BCUT2D eigenvalue weighted by atomic mass is 32.2. The molecular formula is C13H16FNO3S. The van der Waals surface area contributed by atoms with E-state index in [1.807, 2.05) is 0 Å². The summed E-state index contributed by atoms with van der Waals surface area (Å²) in [5.74, 6) is -1.37. The van der Waals surface area contributed by atoms with Crippen LogP contribution in [0.4, 0.5) is 4.39 Å². The van der Waals surface area contributed by atoms with Gasteiger partial charge in [0, 0.05) is 18.4 Å². The van der Waals surface area contributed by atoms with Crippen molar-refractivity contribution >= 4 is 15.6 Å². The first-order valence-electron chi connectivity index (χ1n) is 6.22. The van der Waals surface area contributed by atoms with Gasteiger partial charge in [-0.25, -0.2) is 12.8 Å². The number of hydrogen-bond acceptors (Lipinski definition) is 4. The topological polar surface area (TPSA) is 64.1 Å². The summed E-state index contributed by atoms with van der Waals surface area (Å²) < 4.78 is 36.6. The molecule has 0 radical (unpaired) electrons. The fourth-order valence-electron chi connectivity index (χ4n) is 2.57. The maximum atomic E-state index is 13.5. The van der Waals surface area contributed by atoms with Gasteiger partial charge in [0.15, 0.2) is 11.6 Å². The Hall–Kier alpha value is -1.30. The number of Topliss-reactive ketones (excluding diaryl/α,β-unsaturated/α-hetero) is 1. The van der Waals surface area contributed by atoms with E-state index in [9.17, 15) is 17.6 Å². The second kappa shape index (κ2) is 5.36. The van der Waals surface area contributed by atoms with Crippen LogP contribution in [0.2, 0.25) is 0 Å². The Morgan fingerprint density at radius 1 is 1.42 bits per heavy atom. The third-order valence-corrected chi connectivity index (χ3v) is 5.28. The zero-order valence-electron chi connectivity index (χ0n) is 10.7. The summed E-state index contributed by atoms with van der Waals surface area (Å²) in [5, 5.41) is -0.486. The molecule has 1 heterocycles. The van der Waals surface area contributed by atoms with Gasteiger partial charge in [-0.1, -0.05) is 6.42 Å². The van der Waals surface area contributed by atoms with E-state index in [1.165, 1.54) is 18.5 Å². The monoisotopic (exact) mass is 285 g/mol. The predicted molar refractivity (Wildman–Crippen MR) is 69.1 cm³/mol. The highest BCUT2D eigenvalue weighted by Gasteiger charge is 2.33. The highest BCUT2D eigenvalue weighted by molar-refractivity contribution is 7.91. The lowest BCUT2D eigenvalue weighted by Crippen LogP contribution is -2.31. The molecule has 2 rings (SSSR count). The molecule has 6 heteroatoms. The molecule has 2 unspecified atom stereocenters. The SMILES string of the molecule is CS(=O)(=O)C1CCCC(C(=O)c2ccncc2F)C1. The number of ketones is 1. The van der Waals surface area contributed by atoms with E-state index in [1.54, 1.807) is 0 Å². The lowest BCUT2D eigenvalue weighted by atomic mass is 9.83. The highest BCUT2D eigenvalue weighted by Crippen LogP contribution is 2.31. The molecule has 1 aliphatic rings. The molecule has 0 bridgehead atoms. The first kappa shape index (κ1) is 14.1. The van der Waals surface area contributed by atoms with E-state index in [-0.39, 0.29) is 11.3 Å². The van der Waals surface area contributed by atoms with Gasteiger partial charge in [0.25, 0.3) is 0 Å². The van der Waals surface area contributed by atoms with Crippen LogP contribution in [0.3, 0.4) is 0 Å². The van der Waals surface area contributed by atoms with Crippen molar-refractivity contribution in [2.75, 3.05) is 6.26 Å². The van der Waals surface area contributed by atoms with Crippen molar-refractivity contribution in [3.63, 3.8) is 0 Å². The minimum absolute atomic E-state index is 0.00847. The van der Waals surface area contributed by atoms with Gasteiger partial charge in [-0.05, 0) is 25.3 Å². The lowest BCUT2D eigenvalue weighted by Gasteiger charge is -2.27. The van der Waals surface area contributed by atoms with Crippen LogP contribution in [0.25, 0.3) is 0 Å². The van der Waals surface area contributed by atoms with Crippen molar-refractivity contribution in [1.29, 1.82) is 0 Å². The zero-order chi connectivity index (χ0) is 14.0. The maximum Gasteiger partial charge on any atom is 0.169 e. The summed E-state index contributed by atoms with van der Waals surface area (Å²) in [4.78, 5) is 15.8. The van der Waals surface area contributed by atoms with Gasteiger partial charge in [-0.2, -0.15) is 0 Å². The second-order valence-electron chi connectivity index (χ2n) is 5.03. The number of hydrogen-bond donors (Lipinski definition) is 0. The van der Waals surface area contributed by atoms with Gasteiger partial charge in [-0.3, -0.25) is 9.78 Å². The van der Waals surface area contributed by atoms with Gasteiger partial charge in [0.05, 0.1) is 17.0 Å². The quantitative estimate of drug-likeness (QED) is 0.797. The third-order valence-electron chi connectivity index (χ3n) is 3.64. The maximum absolute atomic E-state index is 13.5. The molecule has 0 amide bonds. The first-order valence-corrected chi connectivity index (χ1v) is 8.17. The van der Waals surface area contributed by atoms with Crippen LogP contribution in [-0.4, -0.2) is 30.7 Å². The summed E-state index contributed by atoms with van der Waals surface area (Å²) in [7, 11) is -3.14. The molecule has 0 spiro atoms. The molecule has 2 atom stereocenters. The number of halogens is 1. The largest absolute Gasteiger partial charge is 0.294 e. The molecule has 1 fully saturated rings. The standard InChI is InChI=1S/C13H16FNO3S/c1-19(17,18)10-4-2-3-9(7-10)13(16)11-5-6-15-8-12(11)14/h5-6,8-10H,2-4,7H2,1H3. The Kier molecular flexibility index (Phi) is 3.99. The summed E-state index contributed by atoms with van der Waals surface area (Å²) in [6.45, 7) is 0. The molecule has 0 N–H and O–H groups in total. The molecule has 1 aromatic heterocycles. The first-order chi connectivity index (χ1) is 8.89. The van der Waals surface area contributed by atoms with Gasteiger partial charge in [-0.15, -0.1) is 0 Å². The van der Waals surface area contributed by atoms with Crippen LogP contribution < -0.4 is 0 Å². The average Bonchev–Trinajstić information content (AvgIpc) is 2.38. The molecule has 1 saturated carbocycles. The average molecular weight is 285 g/mol. The van der Waals surface area contributed by atoms with E-state index in [0.717, 1.165) is 6.20 Å². The van der Waals surface area contributed by atoms with Gasteiger partial charge in [0.2, 0.25) is 0 Å². The minimum Gasteiger partial charge on any atom is -0.294 e. The van der Waals surface area contributed by atoms with Crippen LogP contribution in [0, 0.1) is 11.7 Å². The normalized spacial score (nSPS) is 24.1. The van der Waals surface area contributed by atoms with E-state index in [2.05, 4.69) is 4.98 Å². The molecule has 0 saturated heterocycles. The summed E-state index contributed by atoms with van der Waals surface area (Å²) in [6.07, 6.45) is 5.74. The molecule has 104 valence electrons. The number of nitrogens with zero attached hydrogens (tertiary/aromatic N) is 1. The Morgan fingerprint density at radius 3 is 2.79 bits per heavy atom. The van der Waals surface area contributed by atoms with Crippen LogP contribution in [0.1, 0.15) is 36.0 Å². The van der Waals surface area contributed by atoms with E-state index in [0.29, 0.717) is 25.7 Å². The van der Waals surface area contributed by atoms with Crippen molar-refractivity contribution in [1.82, 2.24) is 4.98 Å². The van der Waals surface area contributed by atoms with E-state index < -0.39 is 26.8 Å². The summed E-state index contributed by atoms with van der Waals surface area (Å²) >= 11 is 0. The summed E-state index contributed by atoms with van der Waals surface area (Å²) in [6, 6.07) is 1.35. The van der Waals surface area contributed by atoms with Gasteiger partial charge < -0.3 is 0 Å². The molecular weight excluding hydrogens is 269 g/mol. The Balaban J connectivity index is 2.19. The number of carbonyl (C=O) groups excluding carboxylic acids is 1. The molecule has 19 heavy (non-hydrogen) atoms. The zero-order valence-corrected chi connectivity index (χ0v) is 11.5. The molecule has 1 aromatic rings. The molecule has 0 aromatic carbocycles. The lowest BCUT2D eigenvalue weighted by molar-refractivity contribution is 0.0886. The Bertz CT molecular complexity index is 585. The summed E-state index contributed by atoms with van der Waals surface area (Å²) in [5.41, 5.74) is 0.00847. The molecule has 1 aliphatic carbocycles.